The van der Waals surface area contributed by atoms with E-state index in [9.17, 15) is 14.0 Å². The van der Waals surface area contributed by atoms with E-state index in [-0.39, 0.29) is 5.82 Å². The first-order valence-corrected chi connectivity index (χ1v) is 7.49. The number of hydrazone groups is 1. The van der Waals surface area contributed by atoms with E-state index in [2.05, 4.69) is 10.4 Å². The lowest BCUT2D eigenvalue weighted by molar-refractivity contribution is -0.130. The van der Waals surface area contributed by atoms with Gasteiger partial charge in [0, 0.05) is 5.56 Å². The van der Waals surface area contributed by atoms with Gasteiger partial charge < -0.3 is 9.73 Å². The van der Waals surface area contributed by atoms with Crippen molar-refractivity contribution in [3.63, 3.8) is 0 Å². The average molecular weight is 329 g/mol. The zero-order valence-corrected chi connectivity index (χ0v) is 13.2. The number of amides is 3. The molecule has 0 bridgehead atoms. The molecule has 6 nitrogen and oxygen atoms in total. The molecule has 1 aliphatic heterocycles. The van der Waals surface area contributed by atoms with Crippen molar-refractivity contribution < 1.29 is 18.4 Å². The molecule has 3 rings (SSSR count). The molecule has 24 heavy (non-hydrogen) atoms. The first kappa shape index (κ1) is 15.9. The first-order chi connectivity index (χ1) is 11.4. The van der Waals surface area contributed by atoms with Gasteiger partial charge in [-0.1, -0.05) is 6.92 Å². The van der Waals surface area contributed by atoms with Gasteiger partial charge >= 0.3 is 6.03 Å². The number of nitrogens with zero attached hydrogens (tertiary/aromatic N) is 2. The number of halogens is 1. The second-order valence-electron chi connectivity index (χ2n) is 5.69. The SMILES string of the molecule is CCC1(C)NC(=O)N(/N=C/c2ccc(-c3ccc(F)cc3)o2)C1=O. The van der Waals surface area contributed by atoms with Crippen molar-refractivity contribution in [2.24, 2.45) is 5.10 Å². The summed E-state index contributed by atoms with van der Waals surface area (Å²) in [4.78, 5) is 24.1. The van der Waals surface area contributed by atoms with Gasteiger partial charge in [-0.3, -0.25) is 4.79 Å². The summed E-state index contributed by atoms with van der Waals surface area (Å²) in [5.74, 6) is 0.174. The van der Waals surface area contributed by atoms with Crippen molar-refractivity contribution in [2.45, 2.75) is 25.8 Å². The zero-order chi connectivity index (χ0) is 17.3. The number of rotatable bonds is 4. The highest BCUT2D eigenvalue weighted by Crippen LogP contribution is 2.23. The predicted molar refractivity (Wildman–Crippen MR) is 85.8 cm³/mol. The van der Waals surface area contributed by atoms with Crippen LogP contribution in [0.3, 0.4) is 0 Å². The minimum atomic E-state index is -0.934. The van der Waals surface area contributed by atoms with E-state index < -0.39 is 17.5 Å². The molecule has 0 aliphatic carbocycles. The summed E-state index contributed by atoms with van der Waals surface area (Å²) in [5.41, 5.74) is -0.221. The quantitative estimate of drug-likeness (QED) is 0.691. The monoisotopic (exact) mass is 329 g/mol. The largest absolute Gasteiger partial charge is 0.455 e. The molecule has 124 valence electrons. The van der Waals surface area contributed by atoms with Gasteiger partial charge in [-0.05, 0) is 49.7 Å². The molecule has 1 atom stereocenters. The molecule has 1 N–H and O–H groups in total. The van der Waals surface area contributed by atoms with Gasteiger partial charge in [-0.2, -0.15) is 5.10 Å². The fraction of sp³-hybridized carbons (Fsp3) is 0.235. The number of hydrogen-bond donors (Lipinski definition) is 1. The van der Waals surface area contributed by atoms with Crippen LogP contribution in [0.15, 0.2) is 45.9 Å². The molecule has 1 aliphatic rings. The standard InChI is InChI=1S/C17H16FN3O3/c1-3-17(2)15(22)21(16(23)20-17)19-10-13-8-9-14(24-13)11-4-6-12(18)7-5-11/h4-10H,3H2,1-2H3,(H,20,23)/b19-10+. The Hall–Kier alpha value is -2.96. The third-order valence-electron chi connectivity index (χ3n) is 4.00. The van der Waals surface area contributed by atoms with Gasteiger partial charge in [0.2, 0.25) is 0 Å². The van der Waals surface area contributed by atoms with Crippen LogP contribution in [0.4, 0.5) is 9.18 Å². The summed E-state index contributed by atoms with van der Waals surface area (Å²) in [6.45, 7) is 3.47. The molecular weight excluding hydrogens is 313 g/mol. The van der Waals surface area contributed by atoms with E-state index in [0.717, 1.165) is 5.01 Å². The molecule has 1 unspecified atom stereocenters. The van der Waals surface area contributed by atoms with Crippen molar-refractivity contribution in [2.75, 3.05) is 0 Å². The van der Waals surface area contributed by atoms with Gasteiger partial charge in [-0.25, -0.2) is 9.18 Å². The fourth-order valence-electron chi connectivity index (χ4n) is 2.32. The van der Waals surface area contributed by atoms with Crippen LogP contribution < -0.4 is 5.32 Å². The Morgan fingerprint density at radius 3 is 2.58 bits per heavy atom. The lowest BCUT2D eigenvalue weighted by Gasteiger charge is -2.17. The summed E-state index contributed by atoms with van der Waals surface area (Å²) in [6.07, 6.45) is 1.77. The van der Waals surface area contributed by atoms with Crippen LogP contribution in [0.5, 0.6) is 0 Å². The minimum Gasteiger partial charge on any atom is -0.455 e. The topological polar surface area (TPSA) is 74.9 Å². The van der Waals surface area contributed by atoms with Crippen LogP contribution in [-0.4, -0.2) is 28.7 Å². The second-order valence-corrected chi connectivity index (χ2v) is 5.69. The van der Waals surface area contributed by atoms with Crippen LogP contribution in [0.1, 0.15) is 26.0 Å². The normalized spacial score (nSPS) is 20.9. The molecule has 0 spiro atoms. The van der Waals surface area contributed by atoms with Crippen molar-refractivity contribution in [3.8, 4) is 11.3 Å². The Bertz CT molecular complexity index is 813. The number of furan rings is 1. The summed E-state index contributed by atoms with van der Waals surface area (Å²) in [7, 11) is 0. The number of hydrogen-bond acceptors (Lipinski definition) is 4. The van der Waals surface area contributed by atoms with E-state index in [4.69, 9.17) is 4.42 Å². The molecular formula is C17H16FN3O3. The van der Waals surface area contributed by atoms with Crippen LogP contribution in [-0.2, 0) is 4.79 Å². The van der Waals surface area contributed by atoms with E-state index in [1.165, 1.54) is 18.3 Å². The Labute approximate surface area is 137 Å². The number of imide groups is 1. The minimum absolute atomic E-state index is 0.329. The molecule has 2 heterocycles. The molecule has 0 radical (unpaired) electrons. The molecule has 0 saturated carbocycles. The predicted octanol–water partition coefficient (Wildman–Crippen LogP) is 3.14. The van der Waals surface area contributed by atoms with Crippen LogP contribution in [0.2, 0.25) is 0 Å². The summed E-state index contributed by atoms with van der Waals surface area (Å²) in [5, 5.41) is 7.32. The highest BCUT2D eigenvalue weighted by Gasteiger charge is 2.46. The Morgan fingerprint density at radius 1 is 1.25 bits per heavy atom. The third kappa shape index (κ3) is 2.80. The smallest absolute Gasteiger partial charge is 0.346 e. The van der Waals surface area contributed by atoms with E-state index in [1.54, 1.807) is 31.2 Å². The van der Waals surface area contributed by atoms with Crippen LogP contribution in [0, 0.1) is 5.82 Å². The van der Waals surface area contributed by atoms with Crippen molar-refractivity contribution >= 4 is 18.2 Å². The van der Waals surface area contributed by atoms with Gasteiger partial charge in [0.1, 0.15) is 22.9 Å². The summed E-state index contributed by atoms with van der Waals surface area (Å²) in [6, 6.07) is 8.66. The van der Waals surface area contributed by atoms with Crippen molar-refractivity contribution in [3.05, 3.63) is 48.0 Å². The molecule has 1 aromatic heterocycles. The second kappa shape index (κ2) is 5.92. The maximum absolute atomic E-state index is 12.9. The number of benzene rings is 1. The van der Waals surface area contributed by atoms with Crippen molar-refractivity contribution in [1.82, 2.24) is 10.3 Å². The van der Waals surface area contributed by atoms with Gasteiger partial charge in [0.25, 0.3) is 5.91 Å². The lowest BCUT2D eigenvalue weighted by Crippen LogP contribution is -2.42. The third-order valence-corrected chi connectivity index (χ3v) is 4.00. The number of carbonyl (C=O) groups is 2. The summed E-state index contributed by atoms with van der Waals surface area (Å²) >= 11 is 0. The van der Waals surface area contributed by atoms with Gasteiger partial charge in [0.15, 0.2) is 0 Å². The maximum Gasteiger partial charge on any atom is 0.346 e. The molecule has 1 fully saturated rings. The average Bonchev–Trinajstić information content (AvgIpc) is 3.11. The van der Waals surface area contributed by atoms with Crippen LogP contribution >= 0.6 is 0 Å². The maximum atomic E-state index is 12.9. The van der Waals surface area contributed by atoms with Gasteiger partial charge in [-0.15, -0.1) is 5.01 Å². The first-order valence-electron chi connectivity index (χ1n) is 7.49. The number of carbonyl (C=O) groups excluding carboxylic acids is 2. The zero-order valence-electron chi connectivity index (χ0n) is 13.2. The van der Waals surface area contributed by atoms with E-state index in [0.29, 0.717) is 23.5 Å². The van der Waals surface area contributed by atoms with Crippen molar-refractivity contribution in [1.29, 1.82) is 0 Å². The van der Waals surface area contributed by atoms with E-state index in [1.807, 2.05) is 6.92 Å². The molecule has 1 aromatic carbocycles. The Kier molecular flexibility index (Phi) is 3.92. The lowest BCUT2D eigenvalue weighted by atomic mass is 10.00. The Morgan fingerprint density at radius 2 is 1.96 bits per heavy atom. The van der Waals surface area contributed by atoms with Gasteiger partial charge in [0.05, 0.1) is 6.21 Å². The highest BCUT2D eigenvalue weighted by molar-refractivity contribution is 6.07. The molecule has 1 saturated heterocycles. The fourth-order valence-corrected chi connectivity index (χ4v) is 2.32. The molecule has 2 aromatic rings. The highest BCUT2D eigenvalue weighted by atomic mass is 19.1. The number of urea groups is 1. The molecule has 3 amide bonds. The van der Waals surface area contributed by atoms with E-state index >= 15 is 0 Å². The van der Waals surface area contributed by atoms with Crippen LogP contribution in [0.25, 0.3) is 11.3 Å². The summed E-state index contributed by atoms with van der Waals surface area (Å²) < 4.78 is 18.5. The molecule has 7 heteroatoms. The Balaban J connectivity index is 1.77. The number of nitrogens with one attached hydrogen (secondary N) is 1.